The zero-order chi connectivity index (χ0) is 13.8. The summed E-state index contributed by atoms with van der Waals surface area (Å²) in [6.07, 6.45) is 7.35. The van der Waals surface area contributed by atoms with Crippen LogP contribution in [-0.4, -0.2) is 19.8 Å². The van der Waals surface area contributed by atoms with E-state index in [4.69, 9.17) is 9.47 Å². The van der Waals surface area contributed by atoms with Crippen LogP contribution in [-0.2, 0) is 0 Å². The van der Waals surface area contributed by atoms with Gasteiger partial charge in [0.15, 0.2) is 11.5 Å². The molecule has 0 radical (unpaired) electrons. The second kappa shape index (κ2) is 6.25. The molecular formula is C16H22N2O2. The van der Waals surface area contributed by atoms with Crippen molar-refractivity contribution in [2.75, 3.05) is 13.7 Å². The second-order valence-electron chi connectivity index (χ2n) is 5.57. The summed E-state index contributed by atoms with van der Waals surface area (Å²) in [6.45, 7) is 0.859. The third-order valence-electron chi connectivity index (χ3n) is 4.12. The van der Waals surface area contributed by atoms with Gasteiger partial charge in [-0.1, -0.05) is 6.07 Å². The molecule has 1 fully saturated rings. The summed E-state index contributed by atoms with van der Waals surface area (Å²) < 4.78 is 11.6. The summed E-state index contributed by atoms with van der Waals surface area (Å²) in [6, 6.07) is 6.34. The van der Waals surface area contributed by atoms with Crippen molar-refractivity contribution >= 4 is 0 Å². The molecule has 1 aromatic rings. The van der Waals surface area contributed by atoms with Crippen LogP contribution in [0, 0.1) is 0 Å². The SMILES string of the molecule is COc1ccc(C2CCCN=N2)cc1OC1CCCC1. The predicted molar refractivity (Wildman–Crippen MR) is 77.6 cm³/mol. The first-order valence-electron chi connectivity index (χ1n) is 7.58. The number of hydrogen-bond acceptors (Lipinski definition) is 4. The van der Waals surface area contributed by atoms with Crippen LogP contribution in [0.25, 0.3) is 0 Å². The Morgan fingerprint density at radius 2 is 1.90 bits per heavy atom. The Hall–Kier alpha value is -1.58. The van der Waals surface area contributed by atoms with Crippen LogP contribution in [0.4, 0.5) is 0 Å². The number of azo groups is 1. The van der Waals surface area contributed by atoms with Crippen molar-refractivity contribution in [2.45, 2.75) is 50.7 Å². The number of rotatable bonds is 4. The highest BCUT2D eigenvalue weighted by Crippen LogP contribution is 2.36. The van der Waals surface area contributed by atoms with Gasteiger partial charge in [-0.2, -0.15) is 10.2 Å². The molecule has 1 aliphatic carbocycles. The van der Waals surface area contributed by atoms with Gasteiger partial charge in [-0.3, -0.25) is 0 Å². The Balaban J connectivity index is 1.81. The Kier molecular flexibility index (Phi) is 4.19. The van der Waals surface area contributed by atoms with Gasteiger partial charge in [0.25, 0.3) is 0 Å². The van der Waals surface area contributed by atoms with Gasteiger partial charge in [0, 0.05) is 0 Å². The molecule has 4 heteroatoms. The van der Waals surface area contributed by atoms with Crippen LogP contribution in [0.15, 0.2) is 28.4 Å². The van der Waals surface area contributed by atoms with E-state index in [-0.39, 0.29) is 6.04 Å². The molecule has 1 saturated carbocycles. The largest absolute Gasteiger partial charge is 0.493 e. The summed E-state index contributed by atoms with van der Waals surface area (Å²) in [4.78, 5) is 0. The quantitative estimate of drug-likeness (QED) is 0.821. The first-order valence-corrected chi connectivity index (χ1v) is 7.58. The molecule has 1 aliphatic heterocycles. The fourth-order valence-electron chi connectivity index (χ4n) is 2.98. The van der Waals surface area contributed by atoms with Gasteiger partial charge in [-0.25, -0.2) is 0 Å². The van der Waals surface area contributed by atoms with Gasteiger partial charge >= 0.3 is 0 Å². The zero-order valence-electron chi connectivity index (χ0n) is 12.0. The lowest BCUT2D eigenvalue weighted by Gasteiger charge is -2.19. The molecular weight excluding hydrogens is 252 g/mol. The van der Waals surface area contributed by atoms with E-state index in [0.29, 0.717) is 6.10 Å². The van der Waals surface area contributed by atoms with E-state index in [9.17, 15) is 0 Å². The normalized spacial score (nSPS) is 22.9. The van der Waals surface area contributed by atoms with E-state index < -0.39 is 0 Å². The highest BCUT2D eigenvalue weighted by molar-refractivity contribution is 5.44. The van der Waals surface area contributed by atoms with Crippen molar-refractivity contribution in [1.82, 2.24) is 0 Å². The summed E-state index contributed by atoms with van der Waals surface area (Å²) in [5.41, 5.74) is 1.18. The Bertz CT molecular complexity index is 481. The summed E-state index contributed by atoms with van der Waals surface area (Å²) in [5, 5.41) is 8.52. The third-order valence-corrected chi connectivity index (χ3v) is 4.12. The number of hydrogen-bond donors (Lipinski definition) is 0. The fourth-order valence-corrected chi connectivity index (χ4v) is 2.98. The monoisotopic (exact) mass is 274 g/mol. The molecule has 1 unspecified atom stereocenters. The number of nitrogens with zero attached hydrogens (tertiary/aromatic N) is 2. The number of methoxy groups -OCH3 is 1. The molecule has 0 saturated heterocycles. The third kappa shape index (κ3) is 2.94. The number of benzene rings is 1. The topological polar surface area (TPSA) is 43.2 Å². The molecule has 1 heterocycles. The molecule has 1 atom stereocenters. The molecule has 2 aliphatic rings. The van der Waals surface area contributed by atoms with Crippen molar-refractivity contribution < 1.29 is 9.47 Å². The summed E-state index contributed by atoms with van der Waals surface area (Å²) >= 11 is 0. The molecule has 1 aromatic carbocycles. The van der Waals surface area contributed by atoms with Crippen LogP contribution in [0.2, 0.25) is 0 Å². The van der Waals surface area contributed by atoms with Crippen LogP contribution >= 0.6 is 0 Å². The fraction of sp³-hybridized carbons (Fsp3) is 0.625. The van der Waals surface area contributed by atoms with Gasteiger partial charge in [-0.05, 0) is 56.2 Å². The average molecular weight is 274 g/mol. The Labute approximate surface area is 120 Å². The maximum absolute atomic E-state index is 6.13. The van der Waals surface area contributed by atoms with Gasteiger partial charge < -0.3 is 9.47 Å². The van der Waals surface area contributed by atoms with Crippen LogP contribution < -0.4 is 9.47 Å². The van der Waals surface area contributed by atoms with E-state index >= 15 is 0 Å². The molecule has 0 N–H and O–H groups in total. The van der Waals surface area contributed by atoms with Crippen LogP contribution in [0.1, 0.15) is 50.1 Å². The summed E-state index contributed by atoms with van der Waals surface area (Å²) in [7, 11) is 1.69. The average Bonchev–Trinajstić information content (AvgIpc) is 3.01. The molecule has 0 spiro atoms. The van der Waals surface area contributed by atoms with E-state index in [2.05, 4.69) is 22.4 Å². The van der Waals surface area contributed by atoms with E-state index in [1.165, 1.54) is 18.4 Å². The van der Waals surface area contributed by atoms with Gasteiger partial charge in [0.05, 0.1) is 25.8 Å². The van der Waals surface area contributed by atoms with E-state index in [1.807, 2.05) is 6.07 Å². The lowest BCUT2D eigenvalue weighted by molar-refractivity contribution is 0.200. The van der Waals surface area contributed by atoms with Crippen molar-refractivity contribution in [1.29, 1.82) is 0 Å². The van der Waals surface area contributed by atoms with Gasteiger partial charge in [0.2, 0.25) is 0 Å². The van der Waals surface area contributed by atoms with Crippen molar-refractivity contribution in [3.63, 3.8) is 0 Å². The maximum Gasteiger partial charge on any atom is 0.161 e. The molecule has 0 bridgehead atoms. The van der Waals surface area contributed by atoms with Crippen molar-refractivity contribution in [2.24, 2.45) is 10.2 Å². The smallest absolute Gasteiger partial charge is 0.161 e. The first kappa shape index (κ1) is 13.4. The van der Waals surface area contributed by atoms with Gasteiger partial charge in [-0.15, -0.1) is 0 Å². The van der Waals surface area contributed by atoms with Crippen molar-refractivity contribution in [3.8, 4) is 11.5 Å². The minimum Gasteiger partial charge on any atom is -0.493 e. The van der Waals surface area contributed by atoms with Gasteiger partial charge in [0.1, 0.15) is 0 Å². The van der Waals surface area contributed by atoms with Crippen LogP contribution in [0.5, 0.6) is 11.5 Å². The van der Waals surface area contributed by atoms with E-state index in [0.717, 1.165) is 43.7 Å². The Morgan fingerprint density at radius 3 is 2.60 bits per heavy atom. The first-order chi connectivity index (χ1) is 9.86. The lowest BCUT2D eigenvalue weighted by Crippen LogP contribution is -2.12. The van der Waals surface area contributed by atoms with E-state index in [1.54, 1.807) is 7.11 Å². The predicted octanol–water partition coefficient (Wildman–Crippen LogP) is 4.30. The molecule has 0 aromatic heterocycles. The highest BCUT2D eigenvalue weighted by atomic mass is 16.5. The zero-order valence-corrected chi connectivity index (χ0v) is 12.0. The minimum absolute atomic E-state index is 0.181. The van der Waals surface area contributed by atoms with Crippen LogP contribution in [0.3, 0.4) is 0 Å². The summed E-state index contributed by atoms with van der Waals surface area (Å²) in [5.74, 6) is 1.67. The highest BCUT2D eigenvalue weighted by Gasteiger charge is 2.20. The molecule has 3 rings (SSSR count). The van der Waals surface area contributed by atoms with Crippen molar-refractivity contribution in [3.05, 3.63) is 23.8 Å². The minimum atomic E-state index is 0.181. The second-order valence-corrected chi connectivity index (χ2v) is 5.57. The maximum atomic E-state index is 6.13. The molecule has 0 amide bonds. The molecule has 20 heavy (non-hydrogen) atoms. The number of ether oxygens (including phenoxy) is 2. The Morgan fingerprint density at radius 1 is 1.05 bits per heavy atom. The standard InChI is InChI=1S/C16H22N2O2/c1-19-15-9-8-12(14-7-4-10-17-18-14)11-16(15)20-13-5-2-3-6-13/h8-9,11,13-14H,2-7,10H2,1H3. The molecule has 4 nitrogen and oxygen atoms in total. The molecule has 108 valence electrons. The lowest BCUT2D eigenvalue weighted by atomic mass is 10.0.